The summed E-state index contributed by atoms with van der Waals surface area (Å²) in [4.78, 5) is 11.9. The molecule has 1 aromatic rings. The number of hydrogen-bond donors (Lipinski definition) is 1. The summed E-state index contributed by atoms with van der Waals surface area (Å²) in [6.07, 6.45) is 2.02. The lowest BCUT2D eigenvalue weighted by atomic mass is 10.1. The van der Waals surface area contributed by atoms with Gasteiger partial charge in [0.05, 0.1) is 19.8 Å². The lowest BCUT2D eigenvalue weighted by Crippen LogP contribution is -2.24. The van der Waals surface area contributed by atoms with E-state index in [-0.39, 0.29) is 5.91 Å². The molecule has 0 aliphatic heterocycles. The van der Waals surface area contributed by atoms with Crippen molar-refractivity contribution in [2.24, 2.45) is 0 Å². The van der Waals surface area contributed by atoms with Gasteiger partial charge in [0.2, 0.25) is 0 Å². The monoisotopic (exact) mass is 237 g/mol. The first kappa shape index (κ1) is 13.4. The van der Waals surface area contributed by atoms with E-state index in [0.717, 1.165) is 12.8 Å². The van der Waals surface area contributed by atoms with Crippen LogP contribution in [0.3, 0.4) is 0 Å². The predicted molar refractivity (Wildman–Crippen MR) is 66.8 cm³/mol. The second-order valence-electron chi connectivity index (χ2n) is 3.68. The first-order valence-corrected chi connectivity index (χ1v) is 5.73. The Kier molecular flexibility index (Phi) is 5.33. The van der Waals surface area contributed by atoms with Gasteiger partial charge in [-0.25, -0.2) is 0 Å². The molecule has 0 atom stereocenters. The quantitative estimate of drug-likeness (QED) is 0.772. The van der Waals surface area contributed by atoms with Crippen LogP contribution in [0.25, 0.3) is 0 Å². The molecule has 17 heavy (non-hydrogen) atoms. The minimum Gasteiger partial charge on any atom is -0.497 e. The van der Waals surface area contributed by atoms with Crippen LogP contribution in [0.4, 0.5) is 0 Å². The normalized spacial score (nSPS) is 9.82. The molecule has 1 amide bonds. The number of carbonyl (C=O) groups excluding carboxylic acids is 1. The van der Waals surface area contributed by atoms with Crippen molar-refractivity contribution in [2.75, 3.05) is 20.8 Å². The van der Waals surface area contributed by atoms with Crippen LogP contribution in [-0.2, 0) is 0 Å². The van der Waals surface area contributed by atoms with Crippen LogP contribution < -0.4 is 14.8 Å². The molecule has 0 aliphatic rings. The van der Waals surface area contributed by atoms with Crippen molar-refractivity contribution in [2.45, 2.75) is 19.8 Å². The summed E-state index contributed by atoms with van der Waals surface area (Å²) in [6, 6.07) is 5.18. The Morgan fingerprint density at radius 2 is 2.06 bits per heavy atom. The molecule has 0 heterocycles. The SMILES string of the molecule is CCCCNC(=O)c1cc(OC)ccc1OC. The molecule has 1 rings (SSSR count). The highest BCUT2D eigenvalue weighted by Crippen LogP contribution is 2.23. The summed E-state index contributed by atoms with van der Waals surface area (Å²) in [5, 5.41) is 2.85. The van der Waals surface area contributed by atoms with Gasteiger partial charge in [0.15, 0.2) is 0 Å². The van der Waals surface area contributed by atoms with Gasteiger partial charge in [-0.1, -0.05) is 13.3 Å². The molecule has 1 N–H and O–H groups in total. The second kappa shape index (κ2) is 6.78. The number of ether oxygens (including phenoxy) is 2. The summed E-state index contributed by atoms with van der Waals surface area (Å²) in [7, 11) is 3.12. The topological polar surface area (TPSA) is 47.6 Å². The van der Waals surface area contributed by atoms with Crippen LogP contribution in [-0.4, -0.2) is 26.7 Å². The Balaban J connectivity index is 2.82. The minimum absolute atomic E-state index is 0.130. The van der Waals surface area contributed by atoms with Gasteiger partial charge < -0.3 is 14.8 Å². The number of amides is 1. The Bertz CT molecular complexity index is 377. The molecule has 0 aliphatic carbocycles. The lowest BCUT2D eigenvalue weighted by molar-refractivity contribution is 0.0949. The summed E-state index contributed by atoms with van der Waals surface area (Å²) >= 11 is 0. The highest BCUT2D eigenvalue weighted by molar-refractivity contribution is 5.97. The van der Waals surface area contributed by atoms with E-state index < -0.39 is 0 Å². The van der Waals surface area contributed by atoms with Crippen LogP contribution in [0, 0.1) is 0 Å². The third kappa shape index (κ3) is 3.66. The summed E-state index contributed by atoms with van der Waals surface area (Å²) in [6.45, 7) is 2.76. The maximum Gasteiger partial charge on any atom is 0.255 e. The third-order valence-corrected chi connectivity index (χ3v) is 2.47. The molecule has 0 saturated carbocycles. The molecule has 4 nitrogen and oxygen atoms in total. The van der Waals surface area contributed by atoms with E-state index in [2.05, 4.69) is 12.2 Å². The molecule has 0 spiro atoms. The second-order valence-corrected chi connectivity index (χ2v) is 3.68. The number of benzene rings is 1. The standard InChI is InChI=1S/C13H19NO3/c1-4-5-8-14-13(15)11-9-10(16-2)6-7-12(11)17-3/h6-7,9H,4-5,8H2,1-3H3,(H,14,15). The lowest BCUT2D eigenvalue weighted by Gasteiger charge is -2.10. The minimum atomic E-state index is -0.130. The van der Waals surface area contributed by atoms with Crippen LogP contribution in [0.15, 0.2) is 18.2 Å². The third-order valence-electron chi connectivity index (χ3n) is 2.47. The fourth-order valence-corrected chi connectivity index (χ4v) is 1.47. The summed E-state index contributed by atoms with van der Waals surface area (Å²) in [5.41, 5.74) is 0.503. The van der Waals surface area contributed by atoms with E-state index in [4.69, 9.17) is 9.47 Å². The molecule has 0 saturated heterocycles. The molecule has 94 valence electrons. The molecule has 0 aromatic heterocycles. The smallest absolute Gasteiger partial charge is 0.255 e. The summed E-state index contributed by atoms with van der Waals surface area (Å²) < 4.78 is 10.3. The first-order chi connectivity index (χ1) is 8.22. The number of nitrogens with one attached hydrogen (secondary N) is 1. The predicted octanol–water partition coefficient (Wildman–Crippen LogP) is 2.23. The first-order valence-electron chi connectivity index (χ1n) is 5.73. The average Bonchev–Trinajstić information content (AvgIpc) is 2.38. The van der Waals surface area contributed by atoms with Gasteiger partial charge in [0.25, 0.3) is 5.91 Å². The van der Waals surface area contributed by atoms with E-state index >= 15 is 0 Å². The van der Waals surface area contributed by atoms with Crippen molar-refractivity contribution < 1.29 is 14.3 Å². The van der Waals surface area contributed by atoms with Crippen LogP contribution in [0.2, 0.25) is 0 Å². The van der Waals surface area contributed by atoms with Gasteiger partial charge >= 0.3 is 0 Å². The van der Waals surface area contributed by atoms with Crippen molar-refractivity contribution >= 4 is 5.91 Å². The van der Waals surface area contributed by atoms with Gasteiger partial charge in [0.1, 0.15) is 11.5 Å². The zero-order valence-corrected chi connectivity index (χ0v) is 10.6. The number of hydrogen-bond acceptors (Lipinski definition) is 3. The zero-order valence-electron chi connectivity index (χ0n) is 10.6. The molecule has 0 unspecified atom stereocenters. The van der Waals surface area contributed by atoms with Gasteiger partial charge in [-0.15, -0.1) is 0 Å². The highest BCUT2D eigenvalue weighted by Gasteiger charge is 2.12. The average molecular weight is 237 g/mol. The van der Waals surface area contributed by atoms with E-state index in [1.54, 1.807) is 32.4 Å². The Hall–Kier alpha value is -1.71. The van der Waals surface area contributed by atoms with Crippen LogP contribution in [0.1, 0.15) is 30.1 Å². The molecule has 4 heteroatoms. The zero-order chi connectivity index (χ0) is 12.7. The number of carbonyl (C=O) groups is 1. The Labute approximate surface area is 102 Å². The van der Waals surface area contributed by atoms with Crippen molar-refractivity contribution in [3.63, 3.8) is 0 Å². The van der Waals surface area contributed by atoms with E-state index in [1.165, 1.54) is 0 Å². The molecule has 0 radical (unpaired) electrons. The highest BCUT2D eigenvalue weighted by atomic mass is 16.5. The van der Waals surface area contributed by atoms with Crippen LogP contribution >= 0.6 is 0 Å². The van der Waals surface area contributed by atoms with Crippen LogP contribution in [0.5, 0.6) is 11.5 Å². The van der Waals surface area contributed by atoms with E-state index in [0.29, 0.717) is 23.6 Å². The summed E-state index contributed by atoms with van der Waals surface area (Å²) in [5.74, 6) is 1.07. The Morgan fingerprint density at radius 3 is 2.65 bits per heavy atom. The Morgan fingerprint density at radius 1 is 1.29 bits per heavy atom. The molecule has 1 aromatic carbocycles. The molecule has 0 bridgehead atoms. The largest absolute Gasteiger partial charge is 0.497 e. The molecule has 0 fully saturated rings. The maximum absolute atomic E-state index is 11.9. The number of unbranched alkanes of at least 4 members (excludes halogenated alkanes) is 1. The fraction of sp³-hybridized carbons (Fsp3) is 0.462. The van der Waals surface area contributed by atoms with Gasteiger partial charge in [-0.3, -0.25) is 4.79 Å². The fourth-order valence-electron chi connectivity index (χ4n) is 1.47. The van der Waals surface area contributed by atoms with Crippen molar-refractivity contribution in [3.05, 3.63) is 23.8 Å². The number of rotatable bonds is 6. The number of methoxy groups -OCH3 is 2. The van der Waals surface area contributed by atoms with Crippen molar-refractivity contribution in [1.29, 1.82) is 0 Å². The molecular weight excluding hydrogens is 218 g/mol. The van der Waals surface area contributed by atoms with Crippen molar-refractivity contribution in [1.82, 2.24) is 5.32 Å². The van der Waals surface area contributed by atoms with E-state index in [9.17, 15) is 4.79 Å². The maximum atomic E-state index is 11.9. The molecular formula is C13H19NO3. The van der Waals surface area contributed by atoms with Gasteiger partial charge in [-0.05, 0) is 24.6 Å². The van der Waals surface area contributed by atoms with Gasteiger partial charge in [0, 0.05) is 6.54 Å². The van der Waals surface area contributed by atoms with Crippen molar-refractivity contribution in [3.8, 4) is 11.5 Å². The van der Waals surface area contributed by atoms with Gasteiger partial charge in [-0.2, -0.15) is 0 Å². The van der Waals surface area contributed by atoms with E-state index in [1.807, 2.05) is 0 Å².